The zero-order valence-electron chi connectivity index (χ0n) is 57.6. The van der Waals surface area contributed by atoms with Crippen LogP contribution in [0.25, 0.3) is 11.2 Å². The van der Waals surface area contributed by atoms with E-state index in [-0.39, 0.29) is 135 Å². The van der Waals surface area contributed by atoms with E-state index in [4.69, 9.17) is 38.9 Å². The number of amides is 8. The number of hydrogen-bond acceptors (Lipinski definition) is 29. The monoisotopic (exact) mass is 1480 g/mol. The highest BCUT2D eigenvalue weighted by molar-refractivity contribution is 7.55. The summed E-state index contributed by atoms with van der Waals surface area (Å²) in [7, 11) is -4.13. The van der Waals surface area contributed by atoms with Crippen molar-refractivity contribution < 1.29 is 127 Å². The molecule has 0 radical (unpaired) electrons. The van der Waals surface area contributed by atoms with E-state index in [1.807, 2.05) is 0 Å². The Labute approximate surface area is 588 Å². The van der Waals surface area contributed by atoms with Gasteiger partial charge in [0.2, 0.25) is 47.3 Å². The number of ether oxygens (including phenoxy) is 7. The fourth-order valence-corrected chi connectivity index (χ4v) is 12.2. The van der Waals surface area contributed by atoms with E-state index in [0.29, 0.717) is 49.7 Å². The quantitative estimate of drug-likeness (QED) is 0.0216. The highest BCUT2D eigenvalue weighted by Crippen LogP contribution is 2.34. The molecule has 0 saturated carbocycles. The van der Waals surface area contributed by atoms with Gasteiger partial charge in [0.1, 0.15) is 103 Å². The van der Waals surface area contributed by atoms with Gasteiger partial charge in [0, 0.05) is 92.6 Å². The average molecular weight is 1480 g/mol. The van der Waals surface area contributed by atoms with Crippen molar-refractivity contribution in [1.29, 1.82) is 0 Å². The van der Waals surface area contributed by atoms with Gasteiger partial charge in [0.15, 0.2) is 30.3 Å². The third-order valence-electron chi connectivity index (χ3n) is 16.7. The van der Waals surface area contributed by atoms with Gasteiger partial charge in [-0.3, -0.25) is 42.9 Å². The van der Waals surface area contributed by atoms with E-state index in [2.05, 4.69) is 62.6 Å². The maximum atomic E-state index is 14.4. The number of rotatable bonds is 47. The lowest BCUT2D eigenvalue weighted by Crippen LogP contribution is -2.64. The second-order valence-electron chi connectivity index (χ2n) is 25.0. The summed E-state index contributed by atoms with van der Waals surface area (Å²) in [6, 6.07) is -5.97. The van der Waals surface area contributed by atoms with Crippen LogP contribution in [0.15, 0.2) is 12.7 Å². The number of imidazole rings is 1. The van der Waals surface area contributed by atoms with E-state index in [1.54, 1.807) is 4.57 Å². The average Bonchev–Trinajstić information content (AvgIpc) is 1.19. The normalized spacial score (nSPS) is 26.2. The van der Waals surface area contributed by atoms with E-state index < -0.39 is 173 Å². The molecule has 8 amide bonds. The Morgan fingerprint density at radius 1 is 0.529 bits per heavy atom. The van der Waals surface area contributed by atoms with Crippen LogP contribution in [-0.4, -0.2) is 300 Å². The zero-order chi connectivity index (χ0) is 74.9. The van der Waals surface area contributed by atoms with E-state index >= 15 is 0 Å². The summed E-state index contributed by atoms with van der Waals surface area (Å²) in [5.74, 6) is -4.09. The van der Waals surface area contributed by atoms with Crippen molar-refractivity contribution in [3.63, 3.8) is 0 Å². The summed E-state index contributed by atoms with van der Waals surface area (Å²) in [5, 5.41) is 115. The molecule has 580 valence electrons. The van der Waals surface area contributed by atoms with Gasteiger partial charge in [0.25, 0.3) is 7.52 Å². The Hall–Kier alpha value is -6.38. The minimum absolute atomic E-state index is 0.00566. The Kier molecular flexibility index (Phi) is 38.1. The van der Waals surface area contributed by atoms with Gasteiger partial charge < -0.3 is 137 Å². The molecular weight excluding hydrogens is 1380 g/mol. The SMILES string of the molecule is CC(=O)N[C@@H]1[C@@H](OCCCCC(=O)NCCCC[C@H](NC(=O)CCCCO[C@@H]2O[C@H](CO)[C@H](O)[C@H](O)[C@H]2NC(C)=O)C(=O)N[C@@H](CCCCNC(=O)CCCCO[C@@H]2O[C@H](CO)[C@H](O)[C@H](O)[C@H]2NC(C)=O)C(=O)NCCNP(=O)(O)COCCn2cnc3c(N)ncnc32)O[C@@H](CO)[C@@H](O)[C@H]1O. The molecule has 2 aromatic heterocycles. The second-order valence-corrected chi connectivity index (χ2v) is 26.9. The van der Waals surface area contributed by atoms with E-state index in [0.717, 1.165) is 0 Å². The van der Waals surface area contributed by atoms with Crippen molar-refractivity contribution in [1.82, 2.24) is 67.1 Å². The minimum atomic E-state index is -4.13. The first-order chi connectivity index (χ1) is 48.7. The molecular formula is C61H105N14O26P. The van der Waals surface area contributed by atoms with Crippen molar-refractivity contribution >= 4 is 71.8 Å². The van der Waals surface area contributed by atoms with Crippen molar-refractivity contribution in [2.45, 2.75) is 228 Å². The van der Waals surface area contributed by atoms with Crippen molar-refractivity contribution in [3.8, 4) is 0 Å². The summed E-state index contributed by atoms with van der Waals surface area (Å²) in [4.78, 5) is 126. The number of carbonyl (C=O) groups excluding carboxylic acids is 8. The largest absolute Gasteiger partial charge is 0.394 e. The van der Waals surface area contributed by atoms with E-state index in [1.165, 1.54) is 33.4 Å². The molecule has 0 aromatic carbocycles. The predicted octanol–water partition coefficient (Wildman–Crippen LogP) is -6.79. The van der Waals surface area contributed by atoms with Crippen LogP contribution in [0.4, 0.5) is 5.82 Å². The van der Waals surface area contributed by atoms with Gasteiger partial charge in [-0.15, -0.1) is 0 Å². The standard InChI is InChI=1S/C61H105N14O26P/c1-34(79)70-45-52(88)49(85)39(28-76)99-59(45)96-24-11-6-16-42(82)63-19-9-4-14-37(57(91)65-21-22-69-102(93,94)33-95-27-23-75-32-68-48-55(62)66-31-67-56(48)75)74-58(92)38(73-44(84)18-8-13-26-98-61-47(72-36(3)81)54(90)51(87)41(30-78)101-61)15-5-10-20-64-43(83)17-7-12-25-97-60-46(71-35(2)80)53(89)50(86)40(29-77)100-60/h31-32,37-41,45-47,49-54,59-61,76-78,85-90H,4-30,33H2,1-3H3,(H,63,82)(H,64,83)(H,65,91)(H,70,79)(H,71,80)(H,72,81)(H,73,84)(H,74,92)(H2,62,66,67)(H2,69,93,94)/t37-,38-,39+,40-,41+,45+,46-,47+,49-,50+,51-,52+,53-,54+,59+,60-,61+/m0/s1. The first-order valence-corrected chi connectivity index (χ1v) is 36.0. The first kappa shape index (κ1) is 86.3. The van der Waals surface area contributed by atoms with Crippen molar-refractivity contribution in [2.24, 2.45) is 0 Å². The van der Waals surface area contributed by atoms with E-state index in [9.17, 15) is 93.8 Å². The lowest BCUT2D eigenvalue weighted by atomic mass is 9.97. The molecule has 0 aliphatic carbocycles. The van der Waals surface area contributed by atoms with Gasteiger partial charge in [-0.1, -0.05) is 0 Å². The number of nitrogens with two attached hydrogens (primary N) is 1. The summed E-state index contributed by atoms with van der Waals surface area (Å²) < 4.78 is 54.2. The number of aromatic nitrogens is 4. The van der Waals surface area contributed by atoms with Crippen LogP contribution in [0, 0.1) is 0 Å². The molecule has 2 aromatic rings. The number of aliphatic hydroxyl groups is 9. The number of aliphatic hydroxyl groups excluding tert-OH is 9. The number of nitrogens with one attached hydrogen (secondary N) is 9. The second kappa shape index (κ2) is 45.1. The van der Waals surface area contributed by atoms with Crippen LogP contribution in [0.5, 0.6) is 0 Å². The molecule has 102 heavy (non-hydrogen) atoms. The summed E-state index contributed by atoms with van der Waals surface area (Å²) in [5.41, 5.74) is 6.69. The number of nitrogens with zero attached hydrogens (tertiary/aromatic N) is 4. The highest BCUT2D eigenvalue weighted by atomic mass is 31.2. The number of unbranched alkanes of at least 4 members (excludes halogenated alkanes) is 5. The molecule has 3 aliphatic rings. The molecule has 21 N–H and O–H groups in total. The third kappa shape index (κ3) is 28.9. The Bertz CT molecular complexity index is 2990. The van der Waals surface area contributed by atoms with Gasteiger partial charge >= 0.3 is 0 Å². The lowest BCUT2D eigenvalue weighted by molar-refractivity contribution is -0.270. The highest BCUT2D eigenvalue weighted by Gasteiger charge is 2.48. The smallest absolute Gasteiger partial charge is 0.292 e. The molecule has 18 atom stereocenters. The number of fused-ring (bicyclic) bond motifs is 1. The van der Waals surface area contributed by atoms with Gasteiger partial charge in [-0.2, -0.15) is 0 Å². The zero-order valence-corrected chi connectivity index (χ0v) is 58.5. The first-order valence-electron chi connectivity index (χ1n) is 34.2. The van der Waals surface area contributed by atoms with Crippen LogP contribution in [-0.2, 0) is 82.6 Å². The summed E-state index contributed by atoms with van der Waals surface area (Å²) in [6.07, 6.45) is -11.3. The fourth-order valence-electron chi connectivity index (χ4n) is 11.3. The Balaban J connectivity index is 1.17. The molecule has 40 nitrogen and oxygen atoms in total. The van der Waals surface area contributed by atoms with Crippen molar-refractivity contribution in [2.75, 3.05) is 84.5 Å². The molecule has 5 rings (SSSR count). The fraction of sp³-hybridized carbons (Fsp3) is 0.787. The Morgan fingerprint density at radius 3 is 1.39 bits per heavy atom. The number of carbonyl (C=O) groups is 8. The van der Waals surface area contributed by atoms with Crippen LogP contribution < -0.4 is 53.4 Å². The molecule has 41 heteroatoms. The molecule has 3 aliphatic heterocycles. The summed E-state index contributed by atoms with van der Waals surface area (Å²) >= 11 is 0. The number of hydrogen-bond donors (Lipinski definition) is 20. The molecule has 0 bridgehead atoms. The van der Waals surface area contributed by atoms with Gasteiger partial charge in [-0.25, -0.2) is 20.0 Å². The molecule has 1 unspecified atom stereocenters. The van der Waals surface area contributed by atoms with Crippen molar-refractivity contribution in [3.05, 3.63) is 12.7 Å². The van der Waals surface area contributed by atoms with Gasteiger partial charge in [-0.05, 0) is 77.0 Å². The topological polar surface area (TPSA) is 598 Å². The van der Waals surface area contributed by atoms with Crippen LogP contribution in [0.3, 0.4) is 0 Å². The Morgan fingerprint density at radius 2 is 0.961 bits per heavy atom. The number of anilines is 1. The maximum absolute atomic E-state index is 14.4. The molecule has 0 spiro atoms. The minimum Gasteiger partial charge on any atom is -0.394 e. The van der Waals surface area contributed by atoms with Crippen LogP contribution in [0.2, 0.25) is 0 Å². The molecule has 3 fully saturated rings. The lowest BCUT2D eigenvalue weighted by Gasteiger charge is -2.42. The maximum Gasteiger partial charge on any atom is 0.292 e. The van der Waals surface area contributed by atoms with Crippen LogP contribution in [0.1, 0.15) is 117 Å². The van der Waals surface area contributed by atoms with Gasteiger partial charge in [0.05, 0.1) is 32.8 Å². The third-order valence-corrected chi connectivity index (χ3v) is 18.0. The predicted molar refractivity (Wildman–Crippen MR) is 354 cm³/mol. The van der Waals surface area contributed by atoms with Crippen LogP contribution >= 0.6 is 7.52 Å². The molecule has 3 saturated heterocycles. The number of nitrogen functional groups attached to an aromatic ring is 1. The molecule has 5 heterocycles. The summed E-state index contributed by atoms with van der Waals surface area (Å²) in [6.45, 7) is 1.76.